The van der Waals surface area contributed by atoms with Crippen molar-refractivity contribution in [3.8, 4) is 0 Å². The number of carbonyl (C=O) groups is 2. The lowest BCUT2D eigenvalue weighted by atomic mass is 9.97. The number of hydrogen-bond donors (Lipinski definition) is 1. The van der Waals surface area contributed by atoms with E-state index in [1.807, 2.05) is 58.3 Å². The summed E-state index contributed by atoms with van der Waals surface area (Å²) in [6.45, 7) is 5.70. The molecule has 1 atom stereocenters. The fourth-order valence-corrected chi connectivity index (χ4v) is 4.36. The molecule has 2 aliphatic heterocycles. The number of anilines is 1. The Kier molecular flexibility index (Phi) is 7.61. The van der Waals surface area contributed by atoms with Crippen molar-refractivity contribution in [2.75, 3.05) is 63.9 Å². The van der Waals surface area contributed by atoms with Gasteiger partial charge in [-0.15, -0.1) is 0 Å². The van der Waals surface area contributed by atoms with Crippen LogP contribution in [0.15, 0.2) is 60.7 Å². The molecule has 1 unspecified atom stereocenters. The molecule has 32 heavy (non-hydrogen) atoms. The quantitative estimate of drug-likeness (QED) is 0.783. The van der Waals surface area contributed by atoms with Gasteiger partial charge >= 0.3 is 6.03 Å². The first-order valence-electron chi connectivity index (χ1n) is 11.5. The zero-order valence-corrected chi connectivity index (χ0v) is 18.5. The number of nitrogens with zero attached hydrogens (tertiary/aromatic N) is 3. The minimum absolute atomic E-state index is 0.0471. The van der Waals surface area contributed by atoms with E-state index in [4.69, 9.17) is 4.74 Å². The van der Waals surface area contributed by atoms with Gasteiger partial charge in [0.15, 0.2) is 0 Å². The monoisotopic (exact) mass is 436 g/mol. The third kappa shape index (κ3) is 5.59. The maximum absolute atomic E-state index is 13.2. The molecule has 2 aliphatic rings. The van der Waals surface area contributed by atoms with Crippen molar-refractivity contribution in [3.05, 3.63) is 66.2 Å². The zero-order chi connectivity index (χ0) is 22.2. The number of hydrogen-bond acceptors (Lipinski definition) is 4. The topological polar surface area (TPSA) is 65.1 Å². The van der Waals surface area contributed by atoms with Gasteiger partial charge in [0.1, 0.15) is 0 Å². The molecular formula is C25H32N4O3. The Hall–Kier alpha value is -3.06. The smallest absolute Gasteiger partial charge is 0.317 e. The number of urea groups is 1. The van der Waals surface area contributed by atoms with Crippen molar-refractivity contribution in [1.29, 1.82) is 0 Å². The Morgan fingerprint density at radius 1 is 0.812 bits per heavy atom. The first kappa shape index (κ1) is 22.1. The highest BCUT2D eigenvalue weighted by Crippen LogP contribution is 2.20. The highest BCUT2D eigenvalue weighted by molar-refractivity contribution is 5.85. The van der Waals surface area contributed by atoms with Gasteiger partial charge in [0, 0.05) is 51.5 Å². The van der Waals surface area contributed by atoms with Crippen LogP contribution < -0.4 is 10.2 Å². The van der Waals surface area contributed by atoms with Gasteiger partial charge in [-0.05, 0) is 24.1 Å². The fraction of sp³-hybridized carbons (Fsp3) is 0.440. The van der Waals surface area contributed by atoms with Crippen molar-refractivity contribution in [3.63, 3.8) is 0 Å². The fourth-order valence-electron chi connectivity index (χ4n) is 4.36. The first-order valence-corrected chi connectivity index (χ1v) is 11.5. The molecule has 0 spiro atoms. The van der Waals surface area contributed by atoms with E-state index in [-0.39, 0.29) is 18.5 Å². The molecule has 1 N–H and O–H groups in total. The number of para-hydroxylation sites is 1. The van der Waals surface area contributed by atoms with Gasteiger partial charge in [-0.25, -0.2) is 4.79 Å². The second-order valence-corrected chi connectivity index (χ2v) is 8.25. The minimum Gasteiger partial charge on any atom is -0.378 e. The predicted molar refractivity (Wildman–Crippen MR) is 125 cm³/mol. The lowest BCUT2D eigenvalue weighted by molar-refractivity contribution is -0.136. The summed E-state index contributed by atoms with van der Waals surface area (Å²) in [4.78, 5) is 32.3. The van der Waals surface area contributed by atoms with Crippen LogP contribution in [-0.2, 0) is 9.53 Å². The third-order valence-electron chi connectivity index (χ3n) is 6.18. The average molecular weight is 437 g/mol. The molecule has 170 valence electrons. The van der Waals surface area contributed by atoms with E-state index in [1.54, 1.807) is 0 Å². The van der Waals surface area contributed by atoms with E-state index in [0.717, 1.165) is 25.1 Å². The molecule has 0 bridgehead atoms. The van der Waals surface area contributed by atoms with E-state index < -0.39 is 5.92 Å². The Morgan fingerprint density at radius 2 is 1.50 bits per heavy atom. The van der Waals surface area contributed by atoms with Crippen LogP contribution in [0.5, 0.6) is 0 Å². The van der Waals surface area contributed by atoms with E-state index in [9.17, 15) is 9.59 Å². The minimum atomic E-state index is -0.397. The average Bonchev–Trinajstić information content (AvgIpc) is 3.12. The predicted octanol–water partition coefficient (Wildman–Crippen LogP) is 2.55. The molecule has 2 fully saturated rings. The molecule has 2 heterocycles. The van der Waals surface area contributed by atoms with Crippen molar-refractivity contribution in [1.82, 2.24) is 15.1 Å². The van der Waals surface area contributed by atoms with E-state index >= 15 is 0 Å². The summed E-state index contributed by atoms with van der Waals surface area (Å²) in [5.41, 5.74) is 2.12. The molecule has 0 radical (unpaired) electrons. The number of amides is 3. The van der Waals surface area contributed by atoms with Crippen molar-refractivity contribution >= 4 is 17.6 Å². The summed E-state index contributed by atoms with van der Waals surface area (Å²) in [5, 5.41) is 3.04. The Balaban J connectivity index is 1.37. The highest BCUT2D eigenvalue weighted by atomic mass is 16.5. The van der Waals surface area contributed by atoms with Crippen molar-refractivity contribution in [2.45, 2.75) is 12.3 Å². The van der Waals surface area contributed by atoms with Gasteiger partial charge in [-0.2, -0.15) is 0 Å². The summed E-state index contributed by atoms with van der Waals surface area (Å²) in [5.74, 6) is -0.350. The van der Waals surface area contributed by atoms with Gasteiger partial charge in [-0.1, -0.05) is 48.5 Å². The van der Waals surface area contributed by atoms with Gasteiger partial charge in [0.05, 0.1) is 19.1 Å². The Morgan fingerprint density at radius 3 is 2.22 bits per heavy atom. The van der Waals surface area contributed by atoms with E-state index in [0.29, 0.717) is 39.4 Å². The second-order valence-electron chi connectivity index (χ2n) is 8.25. The summed E-state index contributed by atoms with van der Waals surface area (Å²) in [6, 6.07) is 19.9. The Bertz CT molecular complexity index is 871. The number of ether oxygens (including phenoxy) is 1. The first-order chi connectivity index (χ1) is 15.7. The van der Waals surface area contributed by atoms with Crippen LogP contribution in [0.1, 0.15) is 17.9 Å². The molecule has 0 aliphatic carbocycles. The molecule has 2 saturated heterocycles. The molecule has 2 aromatic rings. The van der Waals surface area contributed by atoms with Crippen LogP contribution in [0.3, 0.4) is 0 Å². The summed E-state index contributed by atoms with van der Waals surface area (Å²) in [7, 11) is 0. The zero-order valence-electron chi connectivity index (χ0n) is 18.5. The number of morpholine rings is 1. The molecular weight excluding hydrogens is 404 g/mol. The van der Waals surface area contributed by atoms with Crippen LogP contribution in [0.25, 0.3) is 0 Å². The molecule has 3 amide bonds. The summed E-state index contributed by atoms with van der Waals surface area (Å²) >= 11 is 0. The van der Waals surface area contributed by atoms with Gasteiger partial charge in [-0.3, -0.25) is 4.79 Å². The summed E-state index contributed by atoms with van der Waals surface area (Å²) in [6.07, 6.45) is 0.914. The second kappa shape index (κ2) is 11.0. The highest BCUT2D eigenvalue weighted by Gasteiger charge is 2.28. The molecule has 7 nitrogen and oxygen atoms in total. The normalized spacial score (nSPS) is 18.1. The number of benzene rings is 2. The van der Waals surface area contributed by atoms with Crippen LogP contribution >= 0.6 is 0 Å². The molecule has 4 rings (SSSR count). The van der Waals surface area contributed by atoms with Gasteiger partial charge in [0.25, 0.3) is 0 Å². The van der Waals surface area contributed by atoms with E-state index in [1.165, 1.54) is 5.69 Å². The summed E-state index contributed by atoms with van der Waals surface area (Å²) < 4.78 is 5.39. The molecule has 7 heteroatoms. The Labute approximate surface area is 189 Å². The van der Waals surface area contributed by atoms with E-state index in [2.05, 4.69) is 22.3 Å². The van der Waals surface area contributed by atoms with Gasteiger partial charge < -0.3 is 24.8 Å². The lowest BCUT2D eigenvalue weighted by Crippen LogP contribution is -2.48. The molecule has 0 saturated carbocycles. The van der Waals surface area contributed by atoms with Crippen molar-refractivity contribution < 1.29 is 14.3 Å². The molecule has 2 aromatic carbocycles. The lowest BCUT2D eigenvalue weighted by Gasteiger charge is -2.31. The number of rotatable bonds is 5. The largest absolute Gasteiger partial charge is 0.378 e. The third-order valence-corrected chi connectivity index (χ3v) is 6.18. The van der Waals surface area contributed by atoms with Crippen LogP contribution in [0.2, 0.25) is 0 Å². The van der Waals surface area contributed by atoms with Gasteiger partial charge in [0.2, 0.25) is 5.91 Å². The maximum Gasteiger partial charge on any atom is 0.317 e. The van der Waals surface area contributed by atoms with Crippen molar-refractivity contribution in [2.24, 2.45) is 0 Å². The molecule has 0 aromatic heterocycles. The van der Waals surface area contributed by atoms with Crippen LogP contribution in [0.4, 0.5) is 10.5 Å². The van der Waals surface area contributed by atoms with Crippen LogP contribution in [-0.4, -0.2) is 80.8 Å². The SMILES string of the molecule is O=C(NCC(C(=O)N1CCOCC1)c1ccccc1)N1CCCN(c2ccccc2)CC1. The number of nitrogens with one attached hydrogen (secondary N) is 1. The number of carbonyl (C=O) groups excluding carboxylic acids is 2. The standard InChI is InChI=1S/C25H32N4O3/c30-24(28-16-18-32-19-17-28)23(21-8-3-1-4-9-21)20-26-25(31)29-13-7-12-27(14-15-29)22-10-5-2-6-11-22/h1-6,8-11,23H,7,12-20H2,(H,26,31). The maximum atomic E-state index is 13.2. The van der Waals surface area contributed by atoms with Crippen LogP contribution in [0, 0.1) is 0 Å².